The van der Waals surface area contributed by atoms with Gasteiger partial charge in [-0.25, -0.2) is 0 Å². The number of hydrogen-bond donors (Lipinski definition) is 2. The van der Waals surface area contributed by atoms with Crippen molar-refractivity contribution in [2.45, 2.75) is 12.0 Å². The van der Waals surface area contributed by atoms with Gasteiger partial charge in [-0.1, -0.05) is 29.3 Å². The van der Waals surface area contributed by atoms with Gasteiger partial charge < -0.3 is 10.4 Å². The molecule has 1 unspecified atom stereocenters. The van der Waals surface area contributed by atoms with Crippen LogP contribution in [0.5, 0.6) is 0 Å². The molecule has 0 saturated carbocycles. The monoisotopic (exact) mass is 305 g/mol. The minimum Gasteiger partial charge on any atom is -0.387 e. The molecule has 1 saturated heterocycles. The summed E-state index contributed by atoms with van der Waals surface area (Å²) < 4.78 is 0. The van der Waals surface area contributed by atoms with Gasteiger partial charge in [-0.2, -0.15) is 11.8 Å². The number of carbonyl (C=O) groups excluding carboxylic acids is 1. The first-order chi connectivity index (χ1) is 8.52. The van der Waals surface area contributed by atoms with E-state index in [2.05, 4.69) is 5.32 Å². The molecule has 1 heterocycles. The zero-order valence-electron chi connectivity index (χ0n) is 9.58. The number of benzene rings is 1. The van der Waals surface area contributed by atoms with Crippen LogP contribution in [0.4, 0.5) is 0 Å². The average molecular weight is 306 g/mol. The summed E-state index contributed by atoms with van der Waals surface area (Å²) >= 11 is 13.6. The topological polar surface area (TPSA) is 49.3 Å². The van der Waals surface area contributed by atoms with E-state index in [1.165, 1.54) is 0 Å². The Kier molecular flexibility index (Phi) is 4.43. The van der Waals surface area contributed by atoms with Crippen LogP contribution in [0.25, 0.3) is 0 Å². The van der Waals surface area contributed by atoms with E-state index in [1.54, 1.807) is 30.0 Å². The second kappa shape index (κ2) is 5.70. The maximum absolute atomic E-state index is 12.0. The maximum atomic E-state index is 12.0. The molecule has 3 nitrogen and oxygen atoms in total. The Morgan fingerprint density at radius 1 is 1.44 bits per heavy atom. The van der Waals surface area contributed by atoms with E-state index in [4.69, 9.17) is 23.2 Å². The molecule has 0 radical (unpaired) electrons. The van der Waals surface area contributed by atoms with Crippen molar-refractivity contribution in [2.24, 2.45) is 0 Å². The molecule has 2 N–H and O–H groups in total. The summed E-state index contributed by atoms with van der Waals surface area (Å²) in [5, 5.41) is 13.4. The van der Waals surface area contributed by atoms with E-state index in [1.807, 2.05) is 0 Å². The van der Waals surface area contributed by atoms with E-state index in [9.17, 15) is 9.90 Å². The summed E-state index contributed by atoms with van der Waals surface area (Å²) in [6.45, 7) is 0.223. The van der Waals surface area contributed by atoms with Gasteiger partial charge in [0.25, 0.3) is 5.91 Å². The molecular weight excluding hydrogens is 293 g/mol. The largest absolute Gasteiger partial charge is 0.387 e. The summed E-state index contributed by atoms with van der Waals surface area (Å²) in [6.07, 6.45) is 0.689. The molecule has 6 heteroatoms. The minimum absolute atomic E-state index is 0.223. The van der Waals surface area contributed by atoms with Gasteiger partial charge in [0.1, 0.15) is 0 Å². The molecule has 0 aliphatic carbocycles. The van der Waals surface area contributed by atoms with Crippen molar-refractivity contribution >= 4 is 40.9 Å². The predicted molar refractivity (Wildman–Crippen MR) is 75.7 cm³/mol. The Bertz CT molecular complexity index is 441. The van der Waals surface area contributed by atoms with Gasteiger partial charge in [-0.05, 0) is 24.3 Å². The van der Waals surface area contributed by atoms with E-state index in [0.717, 1.165) is 5.75 Å². The number of rotatable bonds is 3. The van der Waals surface area contributed by atoms with Crippen LogP contribution in [0.3, 0.4) is 0 Å². The molecule has 0 aromatic heterocycles. The third-order valence-electron chi connectivity index (χ3n) is 2.85. The molecule has 1 fully saturated rings. The van der Waals surface area contributed by atoms with Crippen molar-refractivity contribution < 1.29 is 9.90 Å². The van der Waals surface area contributed by atoms with Crippen LogP contribution in [-0.4, -0.2) is 34.7 Å². The van der Waals surface area contributed by atoms with Crippen LogP contribution in [0.1, 0.15) is 16.8 Å². The molecule has 2 rings (SSSR count). The molecule has 18 heavy (non-hydrogen) atoms. The number of thioether (sulfide) groups is 1. The van der Waals surface area contributed by atoms with Crippen molar-refractivity contribution in [3.63, 3.8) is 0 Å². The molecule has 1 aliphatic rings. The second-order valence-electron chi connectivity index (χ2n) is 4.31. The molecule has 1 aromatic carbocycles. The van der Waals surface area contributed by atoms with Gasteiger partial charge in [0.15, 0.2) is 0 Å². The summed E-state index contributed by atoms with van der Waals surface area (Å²) in [7, 11) is 0. The Hall–Kier alpha value is -0.420. The van der Waals surface area contributed by atoms with Gasteiger partial charge in [0.05, 0.1) is 21.2 Å². The lowest BCUT2D eigenvalue weighted by atomic mass is 10.0. The second-order valence-corrected chi connectivity index (χ2v) is 6.23. The lowest BCUT2D eigenvalue weighted by molar-refractivity contribution is 0.0612. The third kappa shape index (κ3) is 3.12. The quantitative estimate of drug-likeness (QED) is 0.902. The minimum atomic E-state index is -0.811. The Labute approximate surface area is 120 Å². The molecule has 1 amide bonds. The Morgan fingerprint density at radius 2 is 2.11 bits per heavy atom. The number of aliphatic hydroxyl groups is 1. The molecular formula is C12H13Cl2NO2S. The first-order valence-corrected chi connectivity index (χ1v) is 7.45. The number of carbonyl (C=O) groups is 1. The fourth-order valence-corrected chi connectivity index (χ4v) is 3.65. The Morgan fingerprint density at radius 3 is 2.67 bits per heavy atom. The van der Waals surface area contributed by atoms with Crippen LogP contribution in [0, 0.1) is 0 Å². The van der Waals surface area contributed by atoms with Gasteiger partial charge in [0, 0.05) is 12.3 Å². The van der Waals surface area contributed by atoms with Crippen LogP contribution in [0.2, 0.25) is 10.0 Å². The molecule has 98 valence electrons. The van der Waals surface area contributed by atoms with E-state index < -0.39 is 5.60 Å². The molecule has 1 aliphatic heterocycles. The number of amides is 1. The highest BCUT2D eigenvalue weighted by molar-refractivity contribution is 7.99. The molecule has 1 atom stereocenters. The average Bonchev–Trinajstić information content (AvgIpc) is 2.74. The molecule has 0 spiro atoms. The highest BCUT2D eigenvalue weighted by Crippen LogP contribution is 2.28. The smallest absolute Gasteiger partial charge is 0.254 e. The van der Waals surface area contributed by atoms with Crippen molar-refractivity contribution in [3.05, 3.63) is 33.8 Å². The SMILES string of the molecule is O=C(NCC1(O)CCSC1)c1c(Cl)cccc1Cl. The fraction of sp³-hybridized carbons (Fsp3) is 0.417. The summed E-state index contributed by atoms with van der Waals surface area (Å²) in [6, 6.07) is 4.91. The standard InChI is InChI=1S/C12H13Cl2NO2S/c13-8-2-1-3-9(14)10(8)11(16)15-6-12(17)4-5-18-7-12/h1-3,17H,4-7H2,(H,15,16). The van der Waals surface area contributed by atoms with Crippen molar-refractivity contribution in [1.82, 2.24) is 5.32 Å². The highest BCUT2D eigenvalue weighted by atomic mass is 35.5. The van der Waals surface area contributed by atoms with E-state index >= 15 is 0 Å². The van der Waals surface area contributed by atoms with Gasteiger partial charge >= 0.3 is 0 Å². The predicted octanol–water partition coefficient (Wildman–Crippen LogP) is 2.59. The van der Waals surface area contributed by atoms with Gasteiger partial charge in [0.2, 0.25) is 0 Å². The first kappa shape index (κ1) is 14.0. The summed E-state index contributed by atoms with van der Waals surface area (Å²) in [4.78, 5) is 12.0. The first-order valence-electron chi connectivity index (χ1n) is 5.54. The van der Waals surface area contributed by atoms with Gasteiger partial charge in [-0.15, -0.1) is 0 Å². The zero-order chi connectivity index (χ0) is 13.2. The highest BCUT2D eigenvalue weighted by Gasteiger charge is 2.32. The van der Waals surface area contributed by atoms with E-state index in [-0.39, 0.29) is 18.0 Å². The number of hydrogen-bond acceptors (Lipinski definition) is 3. The van der Waals surface area contributed by atoms with E-state index in [0.29, 0.717) is 22.2 Å². The summed E-state index contributed by atoms with van der Waals surface area (Å²) in [5.41, 5.74) is -0.552. The number of nitrogens with one attached hydrogen (secondary N) is 1. The maximum Gasteiger partial charge on any atom is 0.254 e. The van der Waals surface area contributed by atoms with Crippen molar-refractivity contribution in [2.75, 3.05) is 18.1 Å². The molecule has 0 bridgehead atoms. The normalized spacial score (nSPS) is 23.1. The van der Waals surface area contributed by atoms with Crippen LogP contribution in [0.15, 0.2) is 18.2 Å². The number of halogens is 2. The van der Waals surface area contributed by atoms with Crippen molar-refractivity contribution in [1.29, 1.82) is 0 Å². The lowest BCUT2D eigenvalue weighted by Crippen LogP contribution is -2.43. The fourth-order valence-electron chi connectivity index (χ4n) is 1.78. The van der Waals surface area contributed by atoms with Crippen molar-refractivity contribution in [3.8, 4) is 0 Å². The van der Waals surface area contributed by atoms with Crippen LogP contribution in [-0.2, 0) is 0 Å². The van der Waals surface area contributed by atoms with Gasteiger partial charge in [-0.3, -0.25) is 4.79 Å². The van der Waals surface area contributed by atoms with Crippen LogP contribution >= 0.6 is 35.0 Å². The lowest BCUT2D eigenvalue weighted by Gasteiger charge is -2.21. The zero-order valence-corrected chi connectivity index (χ0v) is 11.9. The Balaban J connectivity index is 2.04. The molecule has 1 aromatic rings. The summed E-state index contributed by atoms with van der Waals surface area (Å²) in [5.74, 6) is 1.21. The third-order valence-corrected chi connectivity index (χ3v) is 4.71. The van der Waals surface area contributed by atoms with Crippen LogP contribution < -0.4 is 5.32 Å².